The summed E-state index contributed by atoms with van der Waals surface area (Å²) in [4.78, 5) is 10.3. The summed E-state index contributed by atoms with van der Waals surface area (Å²) in [5.74, 6) is 0.801. The van der Waals surface area contributed by atoms with E-state index in [-0.39, 0.29) is 5.92 Å². The van der Waals surface area contributed by atoms with Gasteiger partial charge in [0.15, 0.2) is 4.34 Å². The standard InChI is InChI=1S/C11H16N6S2/c1-6(2)7-8(12)13-5-14-9(7)18-11-16-15-10(19-11)17(3)4/h5-6H,1-4H3,(H2,12,13,14). The lowest BCUT2D eigenvalue weighted by Crippen LogP contribution is -2.07. The van der Waals surface area contributed by atoms with E-state index in [1.807, 2.05) is 19.0 Å². The first-order valence-electron chi connectivity index (χ1n) is 5.78. The third-order valence-corrected chi connectivity index (χ3v) is 4.58. The first-order valence-corrected chi connectivity index (χ1v) is 7.41. The lowest BCUT2D eigenvalue weighted by atomic mass is 10.1. The molecule has 102 valence electrons. The van der Waals surface area contributed by atoms with Crippen molar-refractivity contribution in [1.82, 2.24) is 20.2 Å². The van der Waals surface area contributed by atoms with Gasteiger partial charge in [0.25, 0.3) is 0 Å². The van der Waals surface area contributed by atoms with Crippen molar-refractivity contribution < 1.29 is 0 Å². The van der Waals surface area contributed by atoms with E-state index in [2.05, 4.69) is 34.0 Å². The maximum atomic E-state index is 5.92. The zero-order chi connectivity index (χ0) is 14.0. The van der Waals surface area contributed by atoms with E-state index in [1.54, 1.807) is 0 Å². The minimum absolute atomic E-state index is 0.268. The van der Waals surface area contributed by atoms with Crippen LogP contribution in [-0.4, -0.2) is 34.3 Å². The molecular formula is C11H16N6S2. The van der Waals surface area contributed by atoms with Gasteiger partial charge in [0.2, 0.25) is 5.13 Å². The number of anilines is 2. The number of nitrogens with two attached hydrogens (primary N) is 1. The van der Waals surface area contributed by atoms with Crippen LogP contribution in [0, 0.1) is 0 Å². The molecule has 0 bridgehead atoms. The summed E-state index contributed by atoms with van der Waals surface area (Å²) in [5.41, 5.74) is 6.89. The number of aromatic nitrogens is 4. The summed E-state index contributed by atoms with van der Waals surface area (Å²) < 4.78 is 0.851. The molecule has 19 heavy (non-hydrogen) atoms. The summed E-state index contributed by atoms with van der Waals surface area (Å²) in [7, 11) is 3.88. The second-order valence-electron chi connectivity index (χ2n) is 4.48. The number of hydrogen-bond donors (Lipinski definition) is 1. The van der Waals surface area contributed by atoms with Crippen LogP contribution >= 0.6 is 23.1 Å². The normalized spacial score (nSPS) is 11.0. The molecule has 0 atom stereocenters. The van der Waals surface area contributed by atoms with Crippen molar-refractivity contribution in [3.8, 4) is 0 Å². The highest BCUT2D eigenvalue weighted by Gasteiger charge is 2.16. The molecule has 0 saturated carbocycles. The predicted molar refractivity (Wildman–Crippen MR) is 78.9 cm³/mol. The molecule has 0 aliphatic heterocycles. The number of nitrogens with zero attached hydrogens (tertiary/aromatic N) is 5. The minimum Gasteiger partial charge on any atom is -0.383 e. The highest BCUT2D eigenvalue weighted by atomic mass is 32.2. The Morgan fingerprint density at radius 2 is 2.00 bits per heavy atom. The Bertz CT molecular complexity index is 566. The second kappa shape index (κ2) is 5.70. The van der Waals surface area contributed by atoms with Crippen LogP contribution in [0.1, 0.15) is 25.3 Å². The molecule has 0 saturated heterocycles. The molecule has 0 fully saturated rings. The van der Waals surface area contributed by atoms with Crippen LogP contribution in [0.3, 0.4) is 0 Å². The molecular weight excluding hydrogens is 280 g/mol. The minimum atomic E-state index is 0.268. The van der Waals surface area contributed by atoms with Gasteiger partial charge in [0.1, 0.15) is 17.2 Å². The number of hydrogen-bond acceptors (Lipinski definition) is 8. The molecule has 0 aliphatic carbocycles. The molecule has 0 radical (unpaired) electrons. The van der Waals surface area contributed by atoms with Crippen molar-refractivity contribution in [2.24, 2.45) is 0 Å². The first kappa shape index (κ1) is 14.0. The Kier molecular flexibility index (Phi) is 4.20. The van der Waals surface area contributed by atoms with Gasteiger partial charge in [-0.05, 0) is 17.7 Å². The molecule has 0 aliphatic rings. The summed E-state index contributed by atoms with van der Waals surface area (Å²) in [6.45, 7) is 4.15. The second-order valence-corrected chi connectivity index (χ2v) is 6.67. The van der Waals surface area contributed by atoms with Gasteiger partial charge < -0.3 is 10.6 Å². The SMILES string of the molecule is CC(C)c1c(N)ncnc1Sc1nnc(N(C)C)s1. The molecule has 0 unspecified atom stereocenters. The Morgan fingerprint density at radius 3 is 2.58 bits per heavy atom. The Hall–Kier alpha value is -1.41. The van der Waals surface area contributed by atoms with Crippen LogP contribution in [0.25, 0.3) is 0 Å². The summed E-state index contributed by atoms with van der Waals surface area (Å²) in [5, 5.41) is 9.98. The lowest BCUT2D eigenvalue weighted by Gasteiger charge is -2.11. The van der Waals surface area contributed by atoms with Gasteiger partial charge >= 0.3 is 0 Å². The van der Waals surface area contributed by atoms with Gasteiger partial charge in [-0.1, -0.05) is 25.2 Å². The number of nitrogen functional groups attached to an aromatic ring is 1. The van der Waals surface area contributed by atoms with Crippen LogP contribution < -0.4 is 10.6 Å². The van der Waals surface area contributed by atoms with Crippen LogP contribution in [0.5, 0.6) is 0 Å². The van der Waals surface area contributed by atoms with E-state index in [0.29, 0.717) is 5.82 Å². The predicted octanol–water partition coefficient (Wildman–Crippen LogP) is 2.25. The fourth-order valence-corrected chi connectivity index (χ4v) is 3.45. The van der Waals surface area contributed by atoms with Crippen molar-refractivity contribution in [2.45, 2.75) is 29.1 Å². The van der Waals surface area contributed by atoms with Gasteiger partial charge in [0, 0.05) is 19.7 Å². The summed E-state index contributed by atoms with van der Waals surface area (Å²) in [6, 6.07) is 0. The van der Waals surface area contributed by atoms with Gasteiger partial charge in [0.05, 0.1) is 0 Å². The molecule has 8 heteroatoms. The molecule has 2 heterocycles. The van der Waals surface area contributed by atoms with Crippen molar-refractivity contribution in [3.63, 3.8) is 0 Å². The Balaban J connectivity index is 2.30. The molecule has 0 amide bonds. The van der Waals surface area contributed by atoms with Crippen LogP contribution in [0.2, 0.25) is 0 Å². The third kappa shape index (κ3) is 3.13. The molecule has 0 spiro atoms. The van der Waals surface area contributed by atoms with Crippen LogP contribution in [0.4, 0.5) is 10.9 Å². The summed E-state index contributed by atoms with van der Waals surface area (Å²) in [6.07, 6.45) is 1.48. The van der Waals surface area contributed by atoms with E-state index in [1.165, 1.54) is 29.4 Å². The average molecular weight is 296 g/mol. The molecule has 2 aromatic rings. The molecule has 6 nitrogen and oxygen atoms in total. The van der Waals surface area contributed by atoms with Gasteiger partial charge in [-0.15, -0.1) is 10.2 Å². The fraction of sp³-hybridized carbons (Fsp3) is 0.455. The topological polar surface area (TPSA) is 80.8 Å². The molecule has 0 aromatic carbocycles. The van der Waals surface area contributed by atoms with E-state index in [9.17, 15) is 0 Å². The smallest absolute Gasteiger partial charge is 0.208 e. The maximum Gasteiger partial charge on any atom is 0.208 e. The van der Waals surface area contributed by atoms with Gasteiger partial charge in [-0.3, -0.25) is 0 Å². The quantitative estimate of drug-likeness (QED) is 0.867. The van der Waals surface area contributed by atoms with Crippen LogP contribution in [-0.2, 0) is 0 Å². The number of rotatable bonds is 4. The molecule has 2 aromatic heterocycles. The van der Waals surface area contributed by atoms with E-state index < -0.39 is 0 Å². The van der Waals surface area contributed by atoms with Gasteiger partial charge in [-0.2, -0.15) is 0 Å². The highest BCUT2D eigenvalue weighted by molar-refractivity contribution is 8.01. The van der Waals surface area contributed by atoms with Crippen molar-refractivity contribution in [2.75, 3.05) is 24.7 Å². The van der Waals surface area contributed by atoms with Crippen molar-refractivity contribution >= 4 is 34.0 Å². The monoisotopic (exact) mass is 296 g/mol. The zero-order valence-corrected chi connectivity index (χ0v) is 12.9. The zero-order valence-electron chi connectivity index (χ0n) is 11.3. The van der Waals surface area contributed by atoms with Crippen molar-refractivity contribution in [1.29, 1.82) is 0 Å². The first-order chi connectivity index (χ1) is 8.99. The van der Waals surface area contributed by atoms with E-state index in [0.717, 1.165) is 20.1 Å². The lowest BCUT2D eigenvalue weighted by molar-refractivity contribution is 0.808. The summed E-state index contributed by atoms with van der Waals surface area (Å²) >= 11 is 3.01. The average Bonchev–Trinajstić information content (AvgIpc) is 2.77. The van der Waals surface area contributed by atoms with E-state index >= 15 is 0 Å². The molecule has 2 rings (SSSR count). The van der Waals surface area contributed by atoms with Crippen molar-refractivity contribution in [3.05, 3.63) is 11.9 Å². The molecule has 2 N–H and O–H groups in total. The third-order valence-electron chi connectivity index (χ3n) is 2.42. The maximum absolute atomic E-state index is 5.92. The van der Waals surface area contributed by atoms with Crippen LogP contribution in [0.15, 0.2) is 15.7 Å². The highest BCUT2D eigenvalue weighted by Crippen LogP contribution is 2.36. The Labute approximate surface area is 120 Å². The fourth-order valence-electron chi connectivity index (χ4n) is 1.52. The largest absolute Gasteiger partial charge is 0.383 e. The van der Waals surface area contributed by atoms with E-state index in [4.69, 9.17) is 5.73 Å². The Morgan fingerprint density at radius 1 is 1.26 bits per heavy atom. The van der Waals surface area contributed by atoms with Gasteiger partial charge in [-0.25, -0.2) is 9.97 Å².